The maximum absolute atomic E-state index is 10.0. The lowest BCUT2D eigenvalue weighted by atomic mass is 10.1. The minimum Gasteiger partial charge on any atom is -0.497 e. The SMILES string of the molecule is COc1ccc2c(c1)c(-c1cc3nccnc3[nH]1)cn2C(C)O. The van der Waals surface area contributed by atoms with Crippen molar-refractivity contribution in [2.75, 3.05) is 7.11 Å². The predicted molar refractivity (Wildman–Crippen MR) is 88.3 cm³/mol. The molecule has 3 aromatic heterocycles. The second-order valence-corrected chi connectivity index (χ2v) is 5.44. The largest absolute Gasteiger partial charge is 0.497 e. The van der Waals surface area contributed by atoms with E-state index in [-0.39, 0.29) is 0 Å². The summed E-state index contributed by atoms with van der Waals surface area (Å²) in [5.74, 6) is 0.773. The summed E-state index contributed by atoms with van der Waals surface area (Å²) in [6, 6.07) is 7.77. The van der Waals surface area contributed by atoms with E-state index < -0.39 is 6.23 Å². The van der Waals surface area contributed by atoms with Crippen LogP contribution in [0.5, 0.6) is 5.75 Å². The van der Waals surface area contributed by atoms with Gasteiger partial charge in [0.15, 0.2) is 5.65 Å². The Labute approximate surface area is 132 Å². The Kier molecular flexibility index (Phi) is 3.06. The molecule has 3 heterocycles. The monoisotopic (exact) mass is 308 g/mol. The van der Waals surface area contributed by atoms with Crippen LogP contribution in [0.15, 0.2) is 42.9 Å². The zero-order valence-corrected chi connectivity index (χ0v) is 12.8. The number of aliphatic hydroxyl groups is 1. The third-order valence-corrected chi connectivity index (χ3v) is 3.99. The van der Waals surface area contributed by atoms with Gasteiger partial charge in [-0.25, -0.2) is 4.98 Å². The number of fused-ring (bicyclic) bond motifs is 2. The van der Waals surface area contributed by atoms with Crippen LogP contribution in [0.2, 0.25) is 0 Å². The van der Waals surface area contributed by atoms with Crippen molar-refractivity contribution in [2.24, 2.45) is 0 Å². The molecule has 6 nitrogen and oxygen atoms in total. The molecule has 0 fully saturated rings. The molecular formula is C17H16N4O2. The van der Waals surface area contributed by atoms with Crippen molar-refractivity contribution in [3.05, 3.63) is 42.9 Å². The second kappa shape index (κ2) is 5.10. The molecule has 0 amide bonds. The molecule has 1 unspecified atom stereocenters. The van der Waals surface area contributed by atoms with Gasteiger partial charge in [-0.05, 0) is 31.2 Å². The van der Waals surface area contributed by atoms with Crippen LogP contribution in [0.3, 0.4) is 0 Å². The summed E-state index contributed by atoms with van der Waals surface area (Å²) in [6.45, 7) is 1.74. The van der Waals surface area contributed by atoms with Gasteiger partial charge >= 0.3 is 0 Å². The smallest absolute Gasteiger partial charge is 0.156 e. The van der Waals surface area contributed by atoms with Crippen LogP contribution in [0.25, 0.3) is 33.3 Å². The predicted octanol–water partition coefficient (Wildman–Crippen LogP) is 3.10. The van der Waals surface area contributed by atoms with E-state index in [4.69, 9.17) is 4.74 Å². The maximum atomic E-state index is 10.0. The third-order valence-electron chi connectivity index (χ3n) is 3.99. The Hall–Kier alpha value is -2.86. The number of hydrogen-bond donors (Lipinski definition) is 2. The summed E-state index contributed by atoms with van der Waals surface area (Å²) >= 11 is 0. The van der Waals surface area contributed by atoms with E-state index in [9.17, 15) is 5.11 Å². The van der Waals surface area contributed by atoms with Gasteiger partial charge in [0.1, 0.15) is 17.5 Å². The van der Waals surface area contributed by atoms with Gasteiger partial charge in [0.25, 0.3) is 0 Å². The molecule has 0 saturated heterocycles. The van der Waals surface area contributed by atoms with E-state index in [0.717, 1.165) is 39.1 Å². The molecule has 0 aliphatic rings. The number of aliphatic hydroxyl groups excluding tert-OH is 1. The average Bonchev–Trinajstić information content (AvgIpc) is 3.15. The van der Waals surface area contributed by atoms with Crippen LogP contribution in [0.4, 0.5) is 0 Å². The van der Waals surface area contributed by atoms with Gasteiger partial charge in [-0.2, -0.15) is 0 Å². The fraction of sp³-hybridized carbons (Fsp3) is 0.176. The first-order chi connectivity index (χ1) is 11.2. The maximum Gasteiger partial charge on any atom is 0.156 e. The van der Waals surface area contributed by atoms with Crippen molar-refractivity contribution < 1.29 is 9.84 Å². The van der Waals surface area contributed by atoms with E-state index in [2.05, 4.69) is 15.0 Å². The average molecular weight is 308 g/mol. The van der Waals surface area contributed by atoms with Crippen molar-refractivity contribution in [3.8, 4) is 17.0 Å². The zero-order chi connectivity index (χ0) is 16.0. The van der Waals surface area contributed by atoms with Crippen LogP contribution in [-0.2, 0) is 0 Å². The zero-order valence-electron chi connectivity index (χ0n) is 12.8. The van der Waals surface area contributed by atoms with E-state index in [1.54, 1.807) is 26.4 Å². The highest BCUT2D eigenvalue weighted by Crippen LogP contribution is 2.34. The van der Waals surface area contributed by atoms with Gasteiger partial charge in [-0.15, -0.1) is 0 Å². The highest BCUT2D eigenvalue weighted by Gasteiger charge is 2.15. The number of benzene rings is 1. The Morgan fingerprint density at radius 3 is 2.78 bits per heavy atom. The van der Waals surface area contributed by atoms with Gasteiger partial charge in [0.05, 0.1) is 18.3 Å². The molecule has 23 heavy (non-hydrogen) atoms. The van der Waals surface area contributed by atoms with Gasteiger partial charge < -0.3 is 19.4 Å². The number of nitrogens with zero attached hydrogens (tertiary/aromatic N) is 3. The summed E-state index contributed by atoms with van der Waals surface area (Å²) < 4.78 is 7.17. The highest BCUT2D eigenvalue weighted by molar-refractivity contribution is 5.98. The summed E-state index contributed by atoms with van der Waals surface area (Å²) in [7, 11) is 1.64. The number of rotatable bonds is 3. The van der Waals surface area contributed by atoms with Crippen molar-refractivity contribution >= 4 is 22.1 Å². The standard InChI is InChI=1S/C17H16N4O2/c1-10(22)21-9-13(12-7-11(23-2)3-4-16(12)21)14-8-15-17(20-14)19-6-5-18-15/h3-10,22H,1-2H3,(H,19,20). The van der Waals surface area contributed by atoms with Gasteiger partial charge in [0, 0.05) is 29.5 Å². The molecule has 0 radical (unpaired) electrons. The number of ether oxygens (including phenoxy) is 1. The molecule has 1 aromatic carbocycles. The summed E-state index contributed by atoms with van der Waals surface area (Å²) in [6.07, 6.45) is 4.63. The Morgan fingerprint density at radius 2 is 2.04 bits per heavy atom. The van der Waals surface area contributed by atoms with Gasteiger partial charge in [-0.1, -0.05) is 0 Å². The van der Waals surface area contributed by atoms with E-state index >= 15 is 0 Å². The molecule has 1 atom stereocenters. The number of aromatic nitrogens is 4. The number of hydrogen-bond acceptors (Lipinski definition) is 4. The van der Waals surface area contributed by atoms with Crippen LogP contribution in [-0.4, -0.2) is 31.7 Å². The Balaban J connectivity index is 2.01. The molecule has 6 heteroatoms. The van der Waals surface area contributed by atoms with Crippen LogP contribution in [0.1, 0.15) is 13.2 Å². The van der Waals surface area contributed by atoms with E-state index in [1.807, 2.05) is 35.0 Å². The summed E-state index contributed by atoms with van der Waals surface area (Å²) in [5, 5.41) is 11.0. The molecule has 116 valence electrons. The van der Waals surface area contributed by atoms with Crippen molar-refractivity contribution in [2.45, 2.75) is 13.2 Å². The van der Waals surface area contributed by atoms with Gasteiger partial charge in [0.2, 0.25) is 0 Å². The first-order valence-corrected chi connectivity index (χ1v) is 7.34. The molecular weight excluding hydrogens is 292 g/mol. The molecule has 0 saturated carbocycles. The molecule has 0 bridgehead atoms. The first kappa shape index (κ1) is 13.8. The summed E-state index contributed by atoms with van der Waals surface area (Å²) in [5.41, 5.74) is 4.37. The van der Waals surface area contributed by atoms with Crippen molar-refractivity contribution in [1.82, 2.24) is 19.5 Å². The second-order valence-electron chi connectivity index (χ2n) is 5.44. The van der Waals surface area contributed by atoms with Gasteiger partial charge in [-0.3, -0.25) is 4.98 Å². The summed E-state index contributed by atoms with van der Waals surface area (Å²) in [4.78, 5) is 11.9. The van der Waals surface area contributed by atoms with E-state index in [0.29, 0.717) is 0 Å². The first-order valence-electron chi connectivity index (χ1n) is 7.34. The lowest BCUT2D eigenvalue weighted by molar-refractivity contribution is 0.129. The molecule has 4 rings (SSSR count). The normalized spacial score (nSPS) is 12.8. The molecule has 0 aliphatic heterocycles. The lowest BCUT2D eigenvalue weighted by Gasteiger charge is -2.08. The number of methoxy groups -OCH3 is 1. The minimum atomic E-state index is -0.625. The van der Waals surface area contributed by atoms with Crippen LogP contribution >= 0.6 is 0 Å². The lowest BCUT2D eigenvalue weighted by Crippen LogP contribution is -2.01. The fourth-order valence-corrected chi connectivity index (χ4v) is 2.88. The quantitative estimate of drug-likeness (QED) is 0.610. The Morgan fingerprint density at radius 1 is 1.22 bits per heavy atom. The topological polar surface area (TPSA) is 76.0 Å². The molecule has 0 spiro atoms. The molecule has 4 aromatic rings. The van der Waals surface area contributed by atoms with Crippen LogP contribution in [0, 0.1) is 0 Å². The highest BCUT2D eigenvalue weighted by atomic mass is 16.5. The number of H-pyrrole nitrogens is 1. The third kappa shape index (κ3) is 2.15. The van der Waals surface area contributed by atoms with E-state index in [1.165, 1.54) is 0 Å². The fourth-order valence-electron chi connectivity index (χ4n) is 2.88. The Bertz CT molecular complexity index is 967. The van der Waals surface area contributed by atoms with Crippen molar-refractivity contribution in [3.63, 3.8) is 0 Å². The number of nitrogens with one attached hydrogen (secondary N) is 1. The molecule has 0 aliphatic carbocycles. The molecule has 2 N–H and O–H groups in total. The number of aromatic amines is 1. The van der Waals surface area contributed by atoms with Crippen LogP contribution < -0.4 is 4.74 Å². The minimum absolute atomic E-state index is 0.625. The van der Waals surface area contributed by atoms with Crippen molar-refractivity contribution in [1.29, 1.82) is 0 Å².